The van der Waals surface area contributed by atoms with Gasteiger partial charge < -0.3 is 34.1 Å². The molecule has 3 amide bonds. The molecule has 2 saturated heterocycles. The topological polar surface area (TPSA) is 148 Å². The molecular weight excluding hydrogens is 868 g/mol. The van der Waals surface area contributed by atoms with Crippen LogP contribution in [0.4, 0.5) is 34.3 Å². The molecule has 67 heavy (non-hydrogen) atoms. The molecule has 17 heteroatoms. The lowest BCUT2D eigenvalue weighted by Gasteiger charge is -2.38. The van der Waals surface area contributed by atoms with E-state index in [1.165, 1.54) is 6.07 Å². The molecule has 3 aliphatic rings. The summed E-state index contributed by atoms with van der Waals surface area (Å²) >= 11 is 0. The number of nitrogens with one attached hydrogen (secondary N) is 2. The fourth-order valence-corrected chi connectivity index (χ4v) is 9.21. The molecule has 7 rings (SSSR count). The zero-order valence-electron chi connectivity index (χ0n) is 39.4. The Labute approximate surface area is 390 Å². The van der Waals surface area contributed by atoms with Gasteiger partial charge in [-0.25, -0.2) is 19.6 Å². The lowest BCUT2D eigenvalue weighted by Crippen LogP contribution is -2.51. The Balaban J connectivity index is 0.902. The van der Waals surface area contributed by atoms with E-state index in [2.05, 4.69) is 20.5 Å². The Hall–Kier alpha value is -5.68. The van der Waals surface area contributed by atoms with Crippen LogP contribution in [0.3, 0.4) is 0 Å². The SMILES string of the molecule is COc1cc2nc(C)nc(N[C@H](C)c3cc(NC(=O)OC(C)(C)C)cc(C(F)(F)F)c3)c2cc1C1CCC(C(=O)N2CCN(CCOC3CCN(C(=O)OCc4ccccc4)CC3)CC2)CC1. The van der Waals surface area contributed by atoms with Crippen LogP contribution in [0.15, 0.2) is 60.7 Å². The number of halogens is 3. The van der Waals surface area contributed by atoms with E-state index in [1.807, 2.05) is 47.4 Å². The Morgan fingerprint density at radius 3 is 2.21 bits per heavy atom. The van der Waals surface area contributed by atoms with E-state index in [4.69, 9.17) is 23.9 Å². The number of hydrogen-bond acceptors (Lipinski definition) is 11. The number of aryl methyl sites for hydroxylation is 1. The predicted octanol–water partition coefficient (Wildman–Crippen LogP) is 9.72. The molecule has 362 valence electrons. The largest absolute Gasteiger partial charge is 0.496 e. The van der Waals surface area contributed by atoms with Gasteiger partial charge in [-0.15, -0.1) is 0 Å². The van der Waals surface area contributed by atoms with E-state index < -0.39 is 29.5 Å². The summed E-state index contributed by atoms with van der Waals surface area (Å²) in [6.07, 6.45) is -1.11. The number of methoxy groups -OCH3 is 1. The third kappa shape index (κ3) is 13.3. The number of piperidine rings is 1. The van der Waals surface area contributed by atoms with E-state index in [9.17, 15) is 27.6 Å². The van der Waals surface area contributed by atoms with E-state index in [-0.39, 0.29) is 47.8 Å². The molecule has 14 nitrogen and oxygen atoms in total. The predicted molar refractivity (Wildman–Crippen MR) is 249 cm³/mol. The van der Waals surface area contributed by atoms with E-state index in [0.717, 1.165) is 81.4 Å². The lowest BCUT2D eigenvalue weighted by molar-refractivity contribution is -0.139. The van der Waals surface area contributed by atoms with Crippen LogP contribution in [-0.4, -0.2) is 114 Å². The van der Waals surface area contributed by atoms with Crippen molar-refractivity contribution in [2.45, 2.75) is 110 Å². The van der Waals surface area contributed by atoms with Crippen molar-refractivity contribution in [2.75, 3.05) is 70.2 Å². The highest BCUT2D eigenvalue weighted by Crippen LogP contribution is 2.43. The second kappa shape index (κ2) is 21.5. The van der Waals surface area contributed by atoms with Gasteiger partial charge in [-0.1, -0.05) is 30.3 Å². The third-order valence-electron chi connectivity index (χ3n) is 12.8. The summed E-state index contributed by atoms with van der Waals surface area (Å²) in [5.74, 6) is 1.85. The fourth-order valence-electron chi connectivity index (χ4n) is 9.21. The fraction of sp³-hybridized carbons (Fsp3) is 0.540. The zero-order valence-corrected chi connectivity index (χ0v) is 39.4. The van der Waals surface area contributed by atoms with Gasteiger partial charge in [0.25, 0.3) is 0 Å². The van der Waals surface area contributed by atoms with Gasteiger partial charge in [0.15, 0.2) is 0 Å². The first kappa shape index (κ1) is 49.2. The maximum Gasteiger partial charge on any atom is 0.416 e. The molecular formula is C50H64F3N7O7. The summed E-state index contributed by atoms with van der Waals surface area (Å²) in [6.45, 7) is 14.3. The first-order valence-corrected chi connectivity index (χ1v) is 23.4. The van der Waals surface area contributed by atoms with Gasteiger partial charge >= 0.3 is 18.4 Å². The molecule has 0 spiro atoms. The number of amides is 3. The maximum absolute atomic E-state index is 14.1. The number of alkyl halides is 3. The Bertz CT molecular complexity index is 2340. The van der Waals surface area contributed by atoms with Crippen LogP contribution in [0.2, 0.25) is 0 Å². The minimum absolute atomic E-state index is 0.0492. The summed E-state index contributed by atoms with van der Waals surface area (Å²) in [5, 5.41) is 6.47. The van der Waals surface area contributed by atoms with Crippen LogP contribution in [0.1, 0.15) is 106 Å². The van der Waals surface area contributed by atoms with Gasteiger partial charge in [-0.05, 0) is 120 Å². The highest BCUT2D eigenvalue weighted by molar-refractivity contribution is 5.91. The van der Waals surface area contributed by atoms with Crippen LogP contribution in [0, 0.1) is 12.8 Å². The van der Waals surface area contributed by atoms with Crippen molar-refractivity contribution in [3.63, 3.8) is 0 Å². The van der Waals surface area contributed by atoms with Crippen molar-refractivity contribution >= 4 is 40.5 Å². The first-order valence-electron chi connectivity index (χ1n) is 23.4. The van der Waals surface area contributed by atoms with Crippen LogP contribution in [0.25, 0.3) is 10.9 Å². The monoisotopic (exact) mass is 931 g/mol. The van der Waals surface area contributed by atoms with Crippen molar-refractivity contribution in [1.82, 2.24) is 24.7 Å². The standard InChI is InChI=1S/C50H64F3N7O7/c1-32(37-26-38(50(51,52)53)28-39(27-37)57-47(62)67-49(3,4)5)54-45-42-29-41(44(64-6)30-43(42)55-33(2)56-45)35-12-14-36(15-13-35)46(61)59-22-20-58(21-23-59)24-25-65-40-16-18-60(19-17-40)48(63)66-31-34-10-8-7-9-11-34/h7-11,26-30,32,35-36,40H,12-25,31H2,1-6H3,(H,57,62)(H,54,55,56)/t32-,35?,36?/m1/s1. The number of hydrogen-bond donors (Lipinski definition) is 2. The van der Waals surface area contributed by atoms with Gasteiger partial charge in [0.2, 0.25) is 5.91 Å². The number of benzene rings is 3. The molecule has 3 heterocycles. The molecule has 2 N–H and O–H groups in total. The number of anilines is 2. The molecule has 3 fully saturated rings. The average Bonchev–Trinajstić information content (AvgIpc) is 3.30. The smallest absolute Gasteiger partial charge is 0.416 e. The summed E-state index contributed by atoms with van der Waals surface area (Å²) < 4.78 is 65.2. The molecule has 1 saturated carbocycles. The molecule has 0 radical (unpaired) electrons. The Kier molecular flexibility index (Phi) is 15.8. The van der Waals surface area contributed by atoms with Crippen LogP contribution in [0.5, 0.6) is 5.75 Å². The summed E-state index contributed by atoms with van der Waals surface area (Å²) in [4.78, 5) is 54.4. The van der Waals surface area contributed by atoms with Crippen LogP contribution < -0.4 is 15.4 Å². The summed E-state index contributed by atoms with van der Waals surface area (Å²) in [7, 11) is 1.62. The molecule has 2 aliphatic heterocycles. The van der Waals surface area contributed by atoms with Crippen LogP contribution >= 0.6 is 0 Å². The number of aromatic nitrogens is 2. The van der Waals surface area contributed by atoms with Crippen molar-refractivity contribution in [1.29, 1.82) is 0 Å². The second-order valence-corrected chi connectivity index (χ2v) is 18.9. The van der Waals surface area contributed by atoms with E-state index in [1.54, 1.807) is 46.6 Å². The molecule has 0 bridgehead atoms. The van der Waals surface area contributed by atoms with E-state index in [0.29, 0.717) is 61.1 Å². The first-order chi connectivity index (χ1) is 31.9. The number of piperazine rings is 1. The normalized spacial score (nSPS) is 19.2. The lowest BCUT2D eigenvalue weighted by atomic mass is 9.77. The molecule has 1 aliphatic carbocycles. The number of carbonyl (C=O) groups excluding carboxylic acids is 3. The van der Waals surface area contributed by atoms with Crippen LogP contribution in [-0.2, 0) is 31.8 Å². The number of carbonyl (C=O) groups is 3. The van der Waals surface area contributed by atoms with Crippen molar-refractivity contribution in [3.05, 3.63) is 88.7 Å². The maximum atomic E-state index is 14.1. The number of fused-ring (bicyclic) bond motifs is 1. The minimum Gasteiger partial charge on any atom is -0.496 e. The molecule has 0 unspecified atom stereocenters. The second-order valence-electron chi connectivity index (χ2n) is 18.9. The number of rotatable bonds is 13. The number of likely N-dealkylation sites (tertiary alicyclic amines) is 1. The minimum atomic E-state index is -4.66. The average molecular weight is 932 g/mol. The molecule has 1 atom stereocenters. The van der Waals surface area contributed by atoms with Gasteiger partial charge in [0.1, 0.15) is 29.6 Å². The van der Waals surface area contributed by atoms with Crippen molar-refractivity contribution < 1.29 is 46.5 Å². The van der Waals surface area contributed by atoms with Crippen molar-refractivity contribution in [2.24, 2.45) is 5.92 Å². The molecule has 3 aromatic carbocycles. The van der Waals surface area contributed by atoms with Gasteiger partial charge in [0, 0.05) is 68.9 Å². The molecule has 4 aromatic rings. The number of ether oxygens (including phenoxy) is 4. The summed E-state index contributed by atoms with van der Waals surface area (Å²) in [6, 6.07) is 16.3. The molecule has 1 aromatic heterocycles. The Morgan fingerprint density at radius 2 is 1.55 bits per heavy atom. The van der Waals surface area contributed by atoms with Gasteiger partial charge in [0.05, 0.1) is 36.9 Å². The highest BCUT2D eigenvalue weighted by Gasteiger charge is 2.35. The highest BCUT2D eigenvalue weighted by atomic mass is 19.4. The third-order valence-corrected chi connectivity index (χ3v) is 12.8. The van der Waals surface area contributed by atoms with Crippen molar-refractivity contribution in [3.8, 4) is 5.75 Å². The Morgan fingerprint density at radius 1 is 0.851 bits per heavy atom. The zero-order chi connectivity index (χ0) is 47.9. The van der Waals surface area contributed by atoms with Gasteiger partial charge in [-0.3, -0.25) is 15.0 Å². The summed E-state index contributed by atoms with van der Waals surface area (Å²) in [5.41, 5.74) is 1.03. The quantitative estimate of drug-likeness (QED) is 0.132. The number of nitrogens with zero attached hydrogens (tertiary/aromatic N) is 5. The van der Waals surface area contributed by atoms with Gasteiger partial charge in [-0.2, -0.15) is 13.2 Å². The van der Waals surface area contributed by atoms with E-state index >= 15 is 0 Å².